The average Bonchev–Trinajstić information content (AvgIpc) is 2.48. The van der Waals surface area contributed by atoms with Crippen molar-refractivity contribution in [2.45, 2.75) is 18.4 Å². The largest absolute Gasteiger partial charge is 0.439 e. The molecule has 0 aliphatic carbocycles. The molecule has 2 aromatic rings. The molecular weight excluding hydrogens is 292 g/mol. The van der Waals surface area contributed by atoms with E-state index >= 15 is 0 Å². The lowest BCUT2D eigenvalue weighted by Gasteiger charge is -2.09. The molecule has 0 amide bonds. The molecule has 1 aromatic heterocycles. The fraction of sp³-hybridized carbons (Fsp3) is 0.267. The van der Waals surface area contributed by atoms with Gasteiger partial charge in [-0.15, -0.1) is 11.8 Å². The molecule has 20 heavy (non-hydrogen) atoms. The van der Waals surface area contributed by atoms with Gasteiger partial charge in [0.05, 0.1) is 5.02 Å². The third kappa shape index (κ3) is 4.13. The van der Waals surface area contributed by atoms with Crippen LogP contribution in [-0.4, -0.2) is 17.8 Å². The average molecular weight is 309 g/mol. The standard InChI is InChI=1S/C15H17ClN2OS/c1-3-17-9-11-8-15(18-10-14(11)16)19-12-4-6-13(20-2)7-5-12/h4-8,10,17H,3,9H2,1-2H3. The summed E-state index contributed by atoms with van der Waals surface area (Å²) in [5.41, 5.74) is 0.985. The molecule has 0 spiro atoms. The fourth-order valence-corrected chi connectivity index (χ4v) is 2.25. The van der Waals surface area contributed by atoms with E-state index in [1.165, 1.54) is 4.90 Å². The predicted octanol–water partition coefficient (Wildman–Crippen LogP) is 4.36. The number of aromatic nitrogens is 1. The molecular formula is C15H17ClN2OS. The highest BCUT2D eigenvalue weighted by molar-refractivity contribution is 7.98. The quantitative estimate of drug-likeness (QED) is 0.804. The first-order valence-corrected chi connectivity index (χ1v) is 8.00. The summed E-state index contributed by atoms with van der Waals surface area (Å²) in [6, 6.07) is 9.79. The van der Waals surface area contributed by atoms with Crippen LogP contribution in [0.5, 0.6) is 11.6 Å². The van der Waals surface area contributed by atoms with Gasteiger partial charge in [0.1, 0.15) is 5.75 Å². The summed E-state index contributed by atoms with van der Waals surface area (Å²) < 4.78 is 5.75. The number of pyridine rings is 1. The van der Waals surface area contributed by atoms with Crippen molar-refractivity contribution < 1.29 is 4.74 Å². The zero-order chi connectivity index (χ0) is 14.4. The van der Waals surface area contributed by atoms with Gasteiger partial charge in [-0.05, 0) is 42.6 Å². The number of hydrogen-bond donors (Lipinski definition) is 1. The molecule has 1 N–H and O–H groups in total. The van der Waals surface area contributed by atoms with Crippen molar-refractivity contribution in [2.75, 3.05) is 12.8 Å². The van der Waals surface area contributed by atoms with Gasteiger partial charge < -0.3 is 10.1 Å². The van der Waals surface area contributed by atoms with Gasteiger partial charge in [0.25, 0.3) is 0 Å². The van der Waals surface area contributed by atoms with Crippen LogP contribution in [0.2, 0.25) is 5.02 Å². The second-order valence-electron chi connectivity index (χ2n) is 4.17. The van der Waals surface area contributed by atoms with Gasteiger partial charge in [0.2, 0.25) is 5.88 Å². The lowest BCUT2D eigenvalue weighted by Crippen LogP contribution is -2.12. The maximum absolute atomic E-state index is 6.11. The Morgan fingerprint density at radius 1 is 1.30 bits per heavy atom. The number of rotatable bonds is 6. The highest BCUT2D eigenvalue weighted by Crippen LogP contribution is 2.25. The van der Waals surface area contributed by atoms with Gasteiger partial charge in [-0.3, -0.25) is 0 Å². The maximum atomic E-state index is 6.11. The minimum atomic E-state index is 0.555. The van der Waals surface area contributed by atoms with E-state index in [9.17, 15) is 0 Å². The summed E-state index contributed by atoms with van der Waals surface area (Å²) in [5.74, 6) is 1.33. The van der Waals surface area contributed by atoms with Gasteiger partial charge in [-0.2, -0.15) is 0 Å². The molecule has 2 rings (SSSR count). The Bertz CT molecular complexity index is 560. The van der Waals surface area contributed by atoms with Crippen LogP contribution in [0.25, 0.3) is 0 Å². The Balaban J connectivity index is 2.11. The first kappa shape index (κ1) is 15.2. The highest BCUT2D eigenvalue weighted by atomic mass is 35.5. The Labute approximate surface area is 128 Å². The number of benzene rings is 1. The summed E-state index contributed by atoms with van der Waals surface area (Å²) in [7, 11) is 0. The van der Waals surface area contributed by atoms with Gasteiger partial charge in [0, 0.05) is 23.7 Å². The normalized spacial score (nSPS) is 10.6. The molecule has 0 aliphatic rings. The molecule has 0 atom stereocenters. The smallest absolute Gasteiger partial charge is 0.219 e. The van der Waals surface area contributed by atoms with Crippen LogP contribution in [0.15, 0.2) is 41.4 Å². The number of ether oxygens (including phenoxy) is 1. The predicted molar refractivity (Wildman–Crippen MR) is 84.9 cm³/mol. The van der Waals surface area contributed by atoms with E-state index in [4.69, 9.17) is 16.3 Å². The van der Waals surface area contributed by atoms with E-state index in [1.54, 1.807) is 18.0 Å². The molecule has 0 fully saturated rings. The molecule has 0 radical (unpaired) electrons. The monoisotopic (exact) mass is 308 g/mol. The van der Waals surface area contributed by atoms with Crippen LogP contribution < -0.4 is 10.1 Å². The van der Waals surface area contributed by atoms with Crippen molar-refractivity contribution in [3.63, 3.8) is 0 Å². The van der Waals surface area contributed by atoms with Gasteiger partial charge in [-0.1, -0.05) is 18.5 Å². The number of nitrogens with one attached hydrogen (secondary N) is 1. The second-order valence-corrected chi connectivity index (χ2v) is 5.46. The van der Waals surface area contributed by atoms with Crippen molar-refractivity contribution in [3.8, 4) is 11.6 Å². The Morgan fingerprint density at radius 2 is 2.05 bits per heavy atom. The lowest BCUT2D eigenvalue weighted by molar-refractivity contribution is 0.461. The number of thioether (sulfide) groups is 1. The minimum absolute atomic E-state index is 0.555. The molecule has 0 aliphatic heterocycles. The summed E-state index contributed by atoms with van der Waals surface area (Å²) in [6.07, 6.45) is 3.67. The van der Waals surface area contributed by atoms with Crippen LogP contribution in [-0.2, 0) is 6.54 Å². The number of hydrogen-bond acceptors (Lipinski definition) is 4. The van der Waals surface area contributed by atoms with E-state index in [0.29, 0.717) is 17.4 Å². The Hall–Kier alpha value is -1.23. The Morgan fingerprint density at radius 3 is 2.70 bits per heavy atom. The zero-order valence-corrected chi connectivity index (χ0v) is 13.1. The van der Waals surface area contributed by atoms with Gasteiger partial charge in [-0.25, -0.2) is 4.98 Å². The minimum Gasteiger partial charge on any atom is -0.439 e. The second kappa shape index (κ2) is 7.53. The number of nitrogens with zero attached hydrogens (tertiary/aromatic N) is 1. The summed E-state index contributed by atoms with van der Waals surface area (Å²) >= 11 is 7.81. The molecule has 0 bridgehead atoms. The molecule has 1 aromatic carbocycles. The zero-order valence-electron chi connectivity index (χ0n) is 11.5. The summed E-state index contributed by atoms with van der Waals surface area (Å²) in [6.45, 7) is 3.66. The fourth-order valence-electron chi connectivity index (χ4n) is 1.67. The molecule has 0 saturated carbocycles. The van der Waals surface area contributed by atoms with E-state index < -0.39 is 0 Å². The molecule has 3 nitrogen and oxygen atoms in total. The Kier molecular flexibility index (Phi) is 5.71. The van der Waals surface area contributed by atoms with Gasteiger partial charge >= 0.3 is 0 Å². The van der Waals surface area contributed by atoms with E-state index in [2.05, 4.69) is 17.2 Å². The third-order valence-electron chi connectivity index (χ3n) is 2.76. The third-order valence-corrected chi connectivity index (χ3v) is 3.84. The van der Waals surface area contributed by atoms with E-state index in [-0.39, 0.29) is 0 Å². The molecule has 1 heterocycles. The number of halogens is 1. The van der Waals surface area contributed by atoms with Crippen molar-refractivity contribution in [2.24, 2.45) is 0 Å². The van der Waals surface area contributed by atoms with Crippen molar-refractivity contribution >= 4 is 23.4 Å². The van der Waals surface area contributed by atoms with E-state index in [1.807, 2.05) is 36.6 Å². The summed E-state index contributed by atoms with van der Waals surface area (Å²) in [5, 5.41) is 3.89. The maximum Gasteiger partial charge on any atom is 0.219 e. The van der Waals surface area contributed by atoms with Crippen molar-refractivity contribution in [3.05, 3.63) is 47.1 Å². The topological polar surface area (TPSA) is 34.1 Å². The first-order valence-electron chi connectivity index (χ1n) is 6.40. The van der Waals surface area contributed by atoms with Crippen LogP contribution in [0, 0.1) is 0 Å². The highest BCUT2D eigenvalue weighted by Gasteiger charge is 2.05. The first-order chi connectivity index (χ1) is 9.72. The molecule has 0 unspecified atom stereocenters. The van der Waals surface area contributed by atoms with Crippen LogP contribution in [0.1, 0.15) is 12.5 Å². The molecule has 0 saturated heterocycles. The summed E-state index contributed by atoms with van der Waals surface area (Å²) in [4.78, 5) is 5.40. The van der Waals surface area contributed by atoms with Gasteiger partial charge in [0.15, 0.2) is 0 Å². The molecule has 5 heteroatoms. The molecule has 106 valence electrons. The van der Waals surface area contributed by atoms with E-state index in [0.717, 1.165) is 17.9 Å². The van der Waals surface area contributed by atoms with Crippen LogP contribution >= 0.6 is 23.4 Å². The lowest BCUT2D eigenvalue weighted by atomic mass is 10.2. The van der Waals surface area contributed by atoms with Crippen molar-refractivity contribution in [1.82, 2.24) is 10.3 Å². The van der Waals surface area contributed by atoms with Crippen LogP contribution in [0.3, 0.4) is 0 Å². The SMILES string of the molecule is CCNCc1cc(Oc2ccc(SC)cc2)ncc1Cl. The van der Waals surface area contributed by atoms with Crippen molar-refractivity contribution in [1.29, 1.82) is 0 Å². The van der Waals surface area contributed by atoms with Crippen LogP contribution in [0.4, 0.5) is 0 Å².